The van der Waals surface area contributed by atoms with Crippen LogP contribution in [0, 0.1) is 12.8 Å². The van der Waals surface area contributed by atoms with Crippen molar-refractivity contribution >= 4 is 10.0 Å². The van der Waals surface area contributed by atoms with Crippen molar-refractivity contribution in [1.82, 2.24) is 4.72 Å². The van der Waals surface area contributed by atoms with Crippen LogP contribution >= 0.6 is 0 Å². The number of hydrogen-bond acceptors (Lipinski definition) is 3. The van der Waals surface area contributed by atoms with Crippen molar-refractivity contribution in [2.45, 2.75) is 30.7 Å². The second kappa shape index (κ2) is 6.34. The zero-order valence-electron chi connectivity index (χ0n) is 13.3. The molecular formula is C18H21NO3S. The lowest BCUT2D eigenvalue weighted by molar-refractivity contribution is 0.399. The Balaban J connectivity index is 1.92. The van der Waals surface area contributed by atoms with Gasteiger partial charge in [-0.3, -0.25) is 0 Å². The predicted molar refractivity (Wildman–Crippen MR) is 90.0 cm³/mol. The number of sulfonamides is 1. The fraction of sp³-hybridized carbons (Fsp3) is 0.333. The molecule has 1 saturated carbocycles. The van der Waals surface area contributed by atoms with Crippen LogP contribution in [0.25, 0.3) is 0 Å². The van der Waals surface area contributed by atoms with Crippen LogP contribution in [0.3, 0.4) is 0 Å². The summed E-state index contributed by atoms with van der Waals surface area (Å²) in [6.45, 7) is 1.94. The van der Waals surface area contributed by atoms with Gasteiger partial charge in [0.1, 0.15) is 5.75 Å². The molecule has 1 aliphatic carbocycles. The minimum absolute atomic E-state index is 0.252. The second-order valence-corrected chi connectivity index (χ2v) is 7.71. The summed E-state index contributed by atoms with van der Waals surface area (Å²) in [5.41, 5.74) is 1.93. The average molecular weight is 331 g/mol. The number of benzene rings is 2. The minimum Gasteiger partial charge on any atom is -0.496 e. The zero-order valence-corrected chi connectivity index (χ0v) is 14.1. The third-order valence-corrected chi connectivity index (χ3v) is 5.64. The molecule has 0 aromatic heterocycles. The van der Waals surface area contributed by atoms with Gasteiger partial charge in [-0.25, -0.2) is 13.1 Å². The Morgan fingerprint density at radius 3 is 2.35 bits per heavy atom. The number of nitrogens with one attached hydrogen (secondary N) is 1. The Labute approximate surface area is 137 Å². The summed E-state index contributed by atoms with van der Waals surface area (Å²) in [5, 5.41) is 0. The quantitative estimate of drug-likeness (QED) is 0.882. The Morgan fingerprint density at radius 2 is 1.74 bits per heavy atom. The lowest BCUT2D eigenvalue weighted by Gasteiger charge is -2.21. The SMILES string of the molecule is COc1ccccc1[C@@H](NS(=O)(=O)c1ccc(C)cc1)C1CC1. The molecule has 0 unspecified atom stereocenters. The molecule has 4 nitrogen and oxygen atoms in total. The Bertz CT molecular complexity index is 780. The van der Waals surface area contributed by atoms with Gasteiger partial charge in [0.15, 0.2) is 0 Å². The molecule has 0 bridgehead atoms. The van der Waals surface area contributed by atoms with Crippen LogP contribution in [-0.2, 0) is 10.0 Å². The monoisotopic (exact) mass is 331 g/mol. The first-order valence-electron chi connectivity index (χ1n) is 7.73. The fourth-order valence-electron chi connectivity index (χ4n) is 2.72. The van der Waals surface area contributed by atoms with Crippen LogP contribution < -0.4 is 9.46 Å². The molecule has 1 fully saturated rings. The van der Waals surface area contributed by atoms with E-state index in [9.17, 15) is 8.42 Å². The van der Waals surface area contributed by atoms with Crippen LogP contribution in [-0.4, -0.2) is 15.5 Å². The standard InChI is InChI=1S/C18H21NO3S/c1-13-7-11-15(12-8-13)23(20,21)19-18(14-9-10-14)16-5-3-4-6-17(16)22-2/h3-8,11-12,14,18-19H,9-10H2,1-2H3/t18-/m0/s1. The Morgan fingerprint density at radius 1 is 1.09 bits per heavy atom. The van der Waals surface area contributed by atoms with Gasteiger partial charge in [-0.05, 0) is 43.9 Å². The lowest BCUT2D eigenvalue weighted by Crippen LogP contribution is -2.30. The van der Waals surface area contributed by atoms with Crippen molar-refractivity contribution in [2.24, 2.45) is 5.92 Å². The van der Waals surface area contributed by atoms with Crippen LogP contribution in [0.15, 0.2) is 53.4 Å². The summed E-state index contributed by atoms with van der Waals surface area (Å²) in [4.78, 5) is 0.295. The highest BCUT2D eigenvalue weighted by molar-refractivity contribution is 7.89. The molecule has 3 rings (SSSR count). The summed E-state index contributed by atoms with van der Waals surface area (Å²) < 4.78 is 33.7. The van der Waals surface area contributed by atoms with Gasteiger partial charge >= 0.3 is 0 Å². The van der Waals surface area contributed by atoms with E-state index >= 15 is 0 Å². The summed E-state index contributed by atoms with van der Waals surface area (Å²) in [5.74, 6) is 1.04. The van der Waals surface area contributed by atoms with E-state index in [1.807, 2.05) is 43.3 Å². The van der Waals surface area contributed by atoms with Crippen LogP contribution in [0.1, 0.15) is 30.0 Å². The second-order valence-electron chi connectivity index (χ2n) is 5.99. The van der Waals surface area contributed by atoms with Gasteiger partial charge in [-0.1, -0.05) is 35.9 Å². The number of para-hydroxylation sites is 1. The molecular weight excluding hydrogens is 310 g/mol. The number of rotatable bonds is 6. The van der Waals surface area contributed by atoms with Gasteiger partial charge in [0, 0.05) is 5.56 Å². The third kappa shape index (κ3) is 3.57. The molecule has 23 heavy (non-hydrogen) atoms. The maximum Gasteiger partial charge on any atom is 0.241 e. The normalized spacial score (nSPS) is 16.1. The van der Waals surface area contributed by atoms with Gasteiger partial charge in [0.25, 0.3) is 0 Å². The van der Waals surface area contributed by atoms with Gasteiger partial charge in [0.05, 0.1) is 18.0 Å². The molecule has 0 radical (unpaired) electrons. The predicted octanol–water partition coefficient (Wildman–Crippen LogP) is 3.43. The highest BCUT2D eigenvalue weighted by Gasteiger charge is 2.36. The highest BCUT2D eigenvalue weighted by Crippen LogP contribution is 2.44. The van der Waals surface area contributed by atoms with Gasteiger partial charge in [0.2, 0.25) is 10.0 Å². The summed E-state index contributed by atoms with van der Waals surface area (Å²) >= 11 is 0. The van der Waals surface area contributed by atoms with Gasteiger partial charge in [-0.2, -0.15) is 0 Å². The van der Waals surface area contributed by atoms with E-state index in [4.69, 9.17) is 4.74 Å². The first-order chi connectivity index (χ1) is 11.0. The first kappa shape index (κ1) is 16.0. The molecule has 122 valence electrons. The average Bonchev–Trinajstić information content (AvgIpc) is 3.38. The Kier molecular flexibility index (Phi) is 4.41. The minimum atomic E-state index is -3.56. The van der Waals surface area contributed by atoms with Gasteiger partial charge < -0.3 is 4.74 Å². The van der Waals surface area contributed by atoms with E-state index in [1.54, 1.807) is 19.2 Å². The topological polar surface area (TPSA) is 55.4 Å². The molecule has 1 atom stereocenters. The molecule has 5 heteroatoms. The van der Waals surface area contributed by atoms with Crippen molar-refractivity contribution < 1.29 is 13.2 Å². The fourth-order valence-corrected chi connectivity index (χ4v) is 4.00. The number of ether oxygens (including phenoxy) is 1. The Hall–Kier alpha value is -1.85. The van der Waals surface area contributed by atoms with E-state index in [1.165, 1.54) is 0 Å². The largest absolute Gasteiger partial charge is 0.496 e. The molecule has 0 saturated heterocycles. The van der Waals surface area contributed by atoms with Crippen molar-refractivity contribution in [3.8, 4) is 5.75 Å². The van der Waals surface area contributed by atoms with E-state index in [0.29, 0.717) is 10.8 Å². The molecule has 2 aromatic carbocycles. The summed E-state index contributed by atoms with van der Waals surface area (Å²) in [6.07, 6.45) is 2.05. The van der Waals surface area contributed by atoms with Crippen LogP contribution in [0.4, 0.5) is 0 Å². The summed E-state index contributed by atoms with van der Waals surface area (Å²) in [6, 6.07) is 14.2. The molecule has 1 aliphatic rings. The number of hydrogen-bond donors (Lipinski definition) is 1. The lowest BCUT2D eigenvalue weighted by atomic mass is 10.0. The van der Waals surface area contributed by atoms with E-state index < -0.39 is 10.0 Å². The van der Waals surface area contributed by atoms with Crippen molar-refractivity contribution in [3.63, 3.8) is 0 Å². The van der Waals surface area contributed by atoms with E-state index in [-0.39, 0.29) is 6.04 Å². The van der Waals surface area contributed by atoms with Crippen LogP contribution in [0.2, 0.25) is 0 Å². The molecule has 0 amide bonds. The first-order valence-corrected chi connectivity index (χ1v) is 9.21. The van der Waals surface area contributed by atoms with Gasteiger partial charge in [-0.15, -0.1) is 0 Å². The van der Waals surface area contributed by atoms with E-state index in [2.05, 4.69) is 4.72 Å². The number of aryl methyl sites for hydroxylation is 1. The van der Waals surface area contributed by atoms with E-state index in [0.717, 1.165) is 29.7 Å². The van der Waals surface area contributed by atoms with Crippen LogP contribution in [0.5, 0.6) is 5.75 Å². The maximum absolute atomic E-state index is 12.7. The van der Waals surface area contributed by atoms with Crippen molar-refractivity contribution in [1.29, 1.82) is 0 Å². The maximum atomic E-state index is 12.7. The molecule has 1 N–H and O–H groups in total. The highest BCUT2D eigenvalue weighted by atomic mass is 32.2. The molecule has 0 aliphatic heterocycles. The summed E-state index contributed by atoms with van der Waals surface area (Å²) in [7, 11) is -1.95. The molecule has 0 heterocycles. The van der Waals surface area contributed by atoms with Crippen molar-refractivity contribution in [2.75, 3.05) is 7.11 Å². The smallest absolute Gasteiger partial charge is 0.241 e. The molecule has 2 aromatic rings. The third-order valence-electron chi connectivity index (χ3n) is 4.18. The van der Waals surface area contributed by atoms with Crippen molar-refractivity contribution in [3.05, 3.63) is 59.7 Å². The number of methoxy groups -OCH3 is 1. The zero-order chi connectivity index (χ0) is 16.4. The molecule has 0 spiro atoms.